The standard InChI is InChI=1S/C24H20BrClN4O/c1-14-6-5-9-20(16(14)3)30-23(17-10-12-18(25)13-11-17)28-22(29-30)24(31)27-21-15(2)7-4-8-19(21)26/h4-13H,1-3H3,(H,27,31). The number of aromatic nitrogens is 3. The van der Waals surface area contributed by atoms with Gasteiger partial charge in [-0.2, -0.15) is 0 Å². The predicted molar refractivity (Wildman–Crippen MR) is 128 cm³/mol. The van der Waals surface area contributed by atoms with Gasteiger partial charge < -0.3 is 5.32 Å². The molecular weight excluding hydrogens is 476 g/mol. The molecule has 0 spiro atoms. The Morgan fingerprint density at radius 2 is 1.65 bits per heavy atom. The molecular formula is C24H20BrClN4O. The van der Waals surface area contributed by atoms with Crippen molar-refractivity contribution < 1.29 is 4.79 Å². The Morgan fingerprint density at radius 1 is 0.968 bits per heavy atom. The maximum absolute atomic E-state index is 13.0. The summed E-state index contributed by atoms with van der Waals surface area (Å²) >= 11 is 9.74. The van der Waals surface area contributed by atoms with Crippen LogP contribution in [-0.2, 0) is 0 Å². The molecule has 4 aromatic rings. The summed E-state index contributed by atoms with van der Waals surface area (Å²) in [6.45, 7) is 5.96. The minimum atomic E-state index is -0.418. The number of para-hydroxylation sites is 1. The van der Waals surface area contributed by atoms with Gasteiger partial charge in [-0.25, -0.2) is 9.67 Å². The number of nitrogens with zero attached hydrogens (tertiary/aromatic N) is 3. The number of hydrogen-bond donors (Lipinski definition) is 1. The summed E-state index contributed by atoms with van der Waals surface area (Å²) in [5, 5.41) is 7.90. The van der Waals surface area contributed by atoms with Crippen LogP contribution in [-0.4, -0.2) is 20.7 Å². The van der Waals surface area contributed by atoms with Gasteiger partial charge in [-0.15, -0.1) is 5.10 Å². The lowest BCUT2D eigenvalue weighted by atomic mass is 10.1. The molecule has 3 aromatic carbocycles. The third-order valence-electron chi connectivity index (χ3n) is 5.18. The molecule has 156 valence electrons. The van der Waals surface area contributed by atoms with Gasteiger partial charge in [0.05, 0.1) is 16.4 Å². The van der Waals surface area contributed by atoms with Gasteiger partial charge in [0.1, 0.15) is 0 Å². The van der Waals surface area contributed by atoms with Crippen molar-refractivity contribution in [3.63, 3.8) is 0 Å². The van der Waals surface area contributed by atoms with Crippen LogP contribution < -0.4 is 5.32 Å². The Hall–Kier alpha value is -2.96. The van der Waals surface area contributed by atoms with Crippen molar-refractivity contribution in [1.29, 1.82) is 0 Å². The van der Waals surface area contributed by atoms with Crippen molar-refractivity contribution in [1.82, 2.24) is 14.8 Å². The van der Waals surface area contributed by atoms with E-state index in [0.29, 0.717) is 16.5 Å². The number of rotatable bonds is 4. The summed E-state index contributed by atoms with van der Waals surface area (Å²) in [6, 6.07) is 19.2. The van der Waals surface area contributed by atoms with E-state index in [1.165, 1.54) is 0 Å². The molecule has 0 aliphatic rings. The normalized spacial score (nSPS) is 10.9. The van der Waals surface area contributed by atoms with Crippen molar-refractivity contribution >= 4 is 39.1 Å². The van der Waals surface area contributed by atoms with Crippen LogP contribution in [0.3, 0.4) is 0 Å². The highest BCUT2D eigenvalue weighted by Gasteiger charge is 2.21. The van der Waals surface area contributed by atoms with E-state index in [-0.39, 0.29) is 5.82 Å². The highest BCUT2D eigenvalue weighted by Crippen LogP contribution is 2.28. The van der Waals surface area contributed by atoms with Crippen LogP contribution in [0.5, 0.6) is 0 Å². The lowest BCUT2D eigenvalue weighted by Crippen LogP contribution is -2.15. The molecule has 0 aliphatic heterocycles. The Bertz CT molecular complexity index is 1260. The monoisotopic (exact) mass is 494 g/mol. The number of hydrogen-bond acceptors (Lipinski definition) is 3. The number of carbonyl (C=O) groups excluding carboxylic acids is 1. The molecule has 31 heavy (non-hydrogen) atoms. The summed E-state index contributed by atoms with van der Waals surface area (Å²) in [5.41, 5.74) is 5.35. The van der Waals surface area contributed by atoms with Crippen LogP contribution in [0.1, 0.15) is 27.3 Å². The van der Waals surface area contributed by atoms with Crippen LogP contribution in [0.15, 0.2) is 65.1 Å². The highest BCUT2D eigenvalue weighted by atomic mass is 79.9. The van der Waals surface area contributed by atoms with Gasteiger partial charge in [-0.1, -0.05) is 63.9 Å². The fourth-order valence-electron chi connectivity index (χ4n) is 3.29. The number of carbonyl (C=O) groups is 1. The predicted octanol–water partition coefficient (Wildman–Crippen LogP) is 6.53. The zero-order valence-electron chi connectivity index (χ0n) is 17.3. The molecule has 0 atom stereocenters. The zero-order chi connectivity index (χ0) is 22.1. The molecule has 7 heteroatoms. The van der Waals surface area contributed by atoms with E-state index in [4.69, 9.17) is 11.6 Å². The average molecular weight is 496 g/mol. The second-order valence-electron chi connectivity index (χ2n) is 7.28. The van der Waals surface area contributed by atoms with E-state index in [1.54, 1.807) is 10.7 Å². The fourth-order valence-corrected chi connectivity index (χ4v) is 3.82. The van der Waals surface area contributed by atoms with Crippen LogP contribution in [0, 0.1) is 20.8 Å². The quantitative estimate of drug-likeness (QED) is 0.350. The summed E-state index contributed by atoms with van der Waals surface area (Å²) in [7, 11) is 0. The first-order valence-corrected chi connectivity index (χ1v) is 10.9. The molecule has 1 amide bonds. The van der Waals surface area contributed by atoms with Gasteiger partial charge in [0.2, 0.25) is 5.82 Å². The van der Waals surface area contributed by atoms with Crippen LogP contribution >= 0.6 is 27.5 Å². The number of aryl methyl sites for hydroxylation is 2. The molecule has 0 fully saturated rings. The van der Waals surface area contributed by atoms with Crippen molar-refractivity contribution in [3.05, 3.63) is 92.7 Å². The maximum atomic E-state index is 13.0. The zero-order valence-corrected chi connectivity index (χ0v) is 19.6. The highest BCUT2D eigenvalue weighted by molar-refractivity contribution is 9.10. The van der Waals surface area contributed by atoms with E-state index in [2.05, 4.69) is 31.3 Å². The van der Waals surface area contributed by atoms with Crippen LogP contribution in [0.25, 0.3) is 17.1 Å². The van der Waals surface area contributed by atoms with Crippen LogP contribution in [0.4, 0.5) is 5.69 Å². The smallest absolute Gasteiger partial charge is 0.295 e. The van der Waals surface area contributed by atoms with E-state index in [1.807, 2.05) is 75.4 Å². The SMILES string of the molecule is Cc1cccc(-n2nc(C(=O)Nc3c(C)cccc3Cl)nc2-c2ccc(Br)cc2)c1C. The van der Waals surface area contributed by atoms with Gasteiger partial charge in [0.25, 0.3) is 5.91 Å². The number of benzene rings is 3. The van der Waals surface area contributed by atoms with Crippen molar-refractivity contribution in [3.8, 4) is 17.1 Å². The Morgan fingerprint density at radius 3 is 2.35 bits per heavy atom. The summed E-state index contributed by atoms with van der Waals surface area (Å²) < 4.78 is 2.68. The van der Waals surface area contributed by atoms with Crippen molar-refractivity contribution in [2.75, 3.05) is 5.32 Å². The molecule has 5 nitrogen and oxygen atoms in total. The number of nitrogens with one attached hydrogen (secondary N) is 1. The van der Waals surface area contributed by atoms with Gasteiger partial charge >= 0.3 is 0 Å². The fraction of sp³-hybridized carbons (Fsp3) is 0.125. The van der Waals surface area contributed by atoms with Gasteiger partial charge in [0, 0.05) is 10.0 Å². The molecule has 0 saturated heterocycles. The topological polar surface area (TPSA) is 59.8 Å². The van der Waals surface area contributed by atoms with E-state index in [0.717, 1.165) is 32.4 Å². The Balaban J connectivity index is 1.82. The third-order valence-corrected chi connectivity index (χ3v) is 6.02. The molecule has 0 radical (unpaired) electrons. The number of amides is 1. The lowest BCUT2D eigenvalue weighted by molar-refractivity contribution is 0.101. The molecule has 1 heterocycles. The summed E-state index contributed by atoms with van der Waals surface area (Å²) in [6.07, 6.45) is 0. The largest absolute Gasteiger partial charge is 0.318 e. The molecule has 1 N–H and O–H groups in total. The minimum absolute atomic E-state index is 0.0677. The van der Waals surface area contributed by atoms with Crippen molar-refractivity contribution in [2.45, 2.75) is 20.8 Å². The van der Waals surface area contributed by atoms with Gasteiger partial charge in [-0.3, -0.25) is 4.79 Å². The molecule has 0 bridgehead atoms. The molecule has 4 rings (SSSR count). The first-order chi connectivity index (χ1) is 14.8. The molecule has 0 unspecified atom stereocenters. The summed E-state index contributed by atoms with van der Waals surface area (Å²) in [5.74, 6) is 0.235. The lowest BCUT2D eigenvalue weighted by Gasteiger charge is -2.11. The minimum Gasteiger partial charge on any atom is -0.318 e. The second-order valence-corrected chi connectivity index (χ2v) is 8.61. The first-order valence-electron chi connectivity index (χ1n) is 9.71. The van der Waals surface area contributed by atoms with Gasteiger partial charge in [0.15, 0.2) is 5.82 Å². The number of halogens is 2. The summed E-state index contributed by atoms with van der Waals surface area (Å²) in [4.78, 5) is 17.6. The molecule has 0 saturated carbocycles. The molecule has 0 aliphatic carbocycles. The molecule has 1 aromatic heterocycles. The average Bonchev–Trinajstić information content (AvgIpc) is 3.18. The Labute approximate surface area is 194 Å². The Kier molecular flexibility index (Phi) is 5.94. The third kappa shape index (κ3) is 4.27. The second kappa shape index (κ2) is 8.65. The van der Waals surface area contributed by atoms with E-state index < -0.39 is 5.91 Å². The van der Waals surface area contributed by atoms with Crippen molar-refractivity contribution in [2.24, 2.45) is 0 Å². The van der Waals surface area contributed by atoms with E-state index in [9.17, 15) is 4.79 Å². The first kappa shape index (κ1) is 21.3. The van der Waals surface area contributed by atoms with Gasteiger partial charge in [-0.05, 0) is 61.7 Å². The maximum Gasteiger partial charge on any atom is 0.295 e. The van der Waals surface area contributed by atoms with E-state index >= 15 is 0 Å². The van der Waals surface area contributed by atoms with Crippen LogP contribution in [0.2, 0.25) is 5.02 Å². The number of anilines is 1.